The molecule has 4 aliphatic rings. The molecule has 6 rings (SSSR count). The summed E-state index contributed by atoms with van der Waals surface area (Å²) in [5.74, 6) is 0.745. The summed E-state index contributed by atoms with van der Waals surface area (Å²) in [5.41, 5.74) is 3.49. The lowest BCUT2D eigenvalue weighted by Crippen LogP contribution is -2.70. The predicted octanol–water partition coefficient (Wildman–Crippen LogP) is 10.8. The van der Waals surface area contributed by atoms with Gasteiger partial charge in [0.05, 0.1) is 24.8 Å². The molecular formula is C52H74N2O10. The molecule has 0 radical (unpaired) electrons. The summed E-state index contributed by atoms with van der Waals surface area (Å²) < 4.78 is 38.3. The third-order valence-electron chi connectivity index (χ3n) is 13.3. The zero-order valence-corrected chi connectivity index (χ0v) is 38.5. The van der Waals surface area contributed by atoms with Gasteiger partial charge in [-0.05, 0) is 85.4 Å². The number of amides is 1. The summed E-state index contributed by atoms with van der Waals surface area (Å²) in [5, 5.41) is 24.5. The molecule has 2 aliphatic heterocycles. The number of carbonyl (C=O) groups excluding carboxylic acids is 1. The number of allylic oxidation sites excluding steroid dienone is 1. The molecule has 0 saturated heterocycles. The molecule has 2 aromatic rings. The van der Waals surface area contributed by atoms with Crippen LogP contribution in [0.5, 0.6) is 23.0 Å². The molecule has 1 fully saturated rings. The van der Waals surface area contributed by atoms with E-state index in [4.69, 9.17) is 38.4 Å². The summed E-state index contributed by atoms with van der Waals surface area (Å²) in [7, 11) is 1.55. The highest BCUT2D eigenvalue weighted by Crippen LogP contribution is 2.62. The molecule has 0 unspecified atom stereocenters. The normalized spacial score (nSPS) is 23.3. The molecule has 2 N–H and O–H groups in total. The first-order valence-corrected chi connectivity index (χ1v) is 24.1. The van der Waals surface area contributed by atoms with Crippen LogP contribution in [-0.2, 0) is 20.9 Å². The van der Waals surface area contributed by atoms with Crippen LogP contribution in [0, 0.1) is 17.8 Å². The second-order valence-electron chi connectivity index (χ2n) is 17.7. The maximum Gasteiger partial charge on any atom is 0.410 e. The van der Waals surface area contributed by atoms with E-state index in [-0.39, 0.29) is 63.9 Å². The zero-order valence-electron chi connectivity index (χ0n) is 38.5. The van der Waals surface area contributed by atoms with Crippen LogP contribution in [0.3, 0.4) is 0 Å². The number of aliphatic hydroxyl groups excluding tert-OH is 2. The van der Waals surface area contributed by atoms with Gasteiger partial charge >= 0.3 is 6.09 Å². The second-order valence-corrected chi connectivity index (χ2v) is 17.7. The van der Waals surface area contributed by atoms with Crippen LogP contribution < -0.4 is 18.9 Å². The topological polar surface area (TPSA) is 138 Å². The number of oxime groups is 1. The number of fused-ring (bicyclic) bond motifs is 3. The van der Waals surface area contributed by atoms with E-state index in [2.05, 4.69) is 32.2 Å². The van der Waals surface area contributed by atoms with Crippen molar-refractivity contribution in [3.8, 4) is 23.0 Å². The number of nitrogens with zero attached hydrogens (tertiary/aromatic N) is 2. The van der Waals surface area contributed by atoms with E-state index >= 15 is 0 Å². The number of ether oxygens (including phenoxy) is 6. The molecule has 12 heteroatoms. The first kappa shape index (κ1) is 48.9. The fraction of sp³-hybridized carbons (Fsp3) is 0.615. The Morgan fingerprint density at radius 2 is 1.56 bits per heavy atom. The smallest absolute Gasteiger partial charge is 0.410 e. The van der Waals surface area contributed by atoms with Crippen molar-refractivity contribution in [1.82, 2.24) is 4.90 Å². The number of hydrogen-bond donors (Lipinski definition) is 2. The van der Waals surface area contributed by atoms with Crippen molar-refractivity contribution in [2.24, 2.45) is 22.9 Å². The molecule has 352 valence electrons. The lowest BCUT2D eigenvalue weighted by Gasteiger charge is -2.59. The monoisotopic (exact) mass is 887 g/mol. The van der Waals surface area contributed by atoms with Gasteiger partial charge in [-0.1, -0.05) is 114 Å². The Morgan fingerprint density at radius 1 is 0.859 bits per heavy atom. The SMILES string of the molecule is C=CCOc1ccc2c(c1)[C@H]1[C@H](CCCCO)[C@@H](CCCCO)C=C3C(=NOC)C[C@H](N(Cc4ccc5c(c4)OCO5)C(=O)OCCCCCCCCCCCC)[C@@](OCC=C)(O2)[C@H]31. The highest BCUT2D eigenvalue weighted by Gasteiger charge is 2.65. The van der Waals surface area contributed by atoms with Crippen molar-refractivity contribution in [2.75, 3.05) is 46.9 Å². The number of carbonyl (C=O) groups is 1. The molecule has 64 heavy (non-hydrogen) atoms. The molecule has 6 atom stereocenters. The Labute approximate surface area is 381 Å². The number of unbranched alkanes of at least 4 members (excludes halogenated alkanes) is 11. The van der Waals surface area contributed by atoms with Gasteiger partial charge in [-0.25, -0.2) is 4.79 Å². The maximum atomic E-state index is 14.9. The van der Waals surface area contributed by atoms with Crippen LogP contribution in [0.25, 0.3) is 0 Å². The van der Waals surface area contributed by atoms with Gasteiger partial charge in [0.15, 0.2) is 11.5 Å². The Hall–Kier alpha value is -4.52. The van der Waals surface area contributed by atoms with Gasteiger partial charge in [0, 0.05) is 37.7 Å². The third kappa shape index (κ3) is 12.0. The largest absolute Gasteiger partial charge is 0.490 e. The van der Waals surface area contributed by atoms with E-state index in [0.29, 0.717) is 48.2 Å². The summed E-state index contributed by atoms with van der Waals surface area (Å²) in [6.07, 6.45) is 22.0. The van der Waals surface area contributed by atoms with Gasteiger partial charge in [-0.15, -0.1) is 6.58 Å². The van der Waals surface area contributed by atoms with Gasteiger partial charge in [0.25, 0.3) is 0 Å². The van der Waals surface area contributed by atoms with Crippen LogP contribution in [0.2, 0.25) is 0 Å². The number of rotatable bonds is 29. The molecule has 0 bridgehead atoms. The molecule has 2 aliphatic carbocycles. The van der Waals surface area contributed by atoms with E-state index in [9.17, 15) is 15.0 Å². The minimum Gasteiger partial charge on any atom is -0.490 e. The van der Waals surface area contributed by atoms with Crippen LogP contribution >= 0.6 is 0 Å². The van der Waals surface area contributed by atoms with Crippen molar-refractivity contribution in [3.05, 3.63) is 84.5 Å². The summed E-state index contributed by atoms with van der Waals surface area (Å²) in [6.45, 7) is 11.5. The Balaban J connectivity index is 1.42. The Kier molecular flexibility index (Phi) is 19.3. The van der Waals surface area contributed by atoms with Crippen molar-refractivity contribution in [1.29, 1.82) is 0 Å². The van der Waals surface area contributed by atoms with E-state index in [0.717, 1.165) is 61.6 Å². The van der Waals surface area contributed by atoms with Crippen molar-refractivity contribution >= 4 is 11.8 Å². The Morgan fingerprint density at radius 3 is 2.28 bits per heavy atom. The predicted molar refractivity (Wildman–Crippen MR) is 249 cm³/mol. The highest BCUT2D eigenvalue weighted by atomic mass is 16.7. The van der Waals surface area contributed by atoms with Gasteiger partial charge in [0.1, 0.15) is 31.3 Å². The van der Waals surface area contributed by atoms with E-state index in [1.165, 1.54) is 44.9 Å². The van der Waals surface area contributed by atoms with Gasteiger partial charge < -0.3 is 43.5 Å². The molecule has 1 saturated carbocycles. The van der Waals surface area contributed by atoms with Gasteiger partial charge in [0.2, 0.25) is 12.6 Å². The fourth-order valence-electron chi connectivity index (χ4n) is 10.4. The lowest BCUT2D eigenvalue weighted by atomic mass is 9.55. The molecular weight excluding hydrogens is 813 g/mol. The third-order valence-corrected chi connectivity index (χ3v) is 13.3. The molecule has 1 amide bonds. The van der Waals surface area contributed by atoms with Crippen LogP contribution in [0.15, 0.2) is 78.5 Å². The number of hydrogen-bond acceptors (Lipinski definition) is 11. The van der Waals surface area contributed by atoms with Crippen LogP contribution in [-0.4, -0.2) is 85.7 Å². The quantitative estimate of drug-likeness (QED) is 0.0461. The maximum absolute atomic E-state index is 14.9. The van der Waals surface area contributed by atoms with E-state index < -0.39 is 23.8 Å². The molecule has 0 aromatic heterocycles. The molecule has 2 heterocycles. The molecule has 12 nitrogen and oxygen atoms in total. The van der Waals surface area contributed by atoms with Gasteiger partial charge in [-0.3, -0.25) is 4.90 Å². The number of aliphatic hydroxyl groups is 2. The van der Waals surface area contributed by atoms with Crippen LogP contribution in [0.4, 0.5) is 4.79 Å². The first-order chi connectivity index (χ1) is 31.4. The number of benzene rings is 2. The minimum absolute atomic E-state index is 0.0798. The summed E-state index contributed by atoms with van der Waals surface area (Å²) in [6, 6.07) is 10.9. The Bertz CT molecular complexity index is 1860. The van der Waals surface area contributed by atoms with Gasteiger partial charge in [-0.2, -0.15) is 0 Å². The van der Waals surface area contributed by atoms with E-state index in [1.54, 1.807) is 24.2 Å². The van der Waals surface area contributed by atoms with Crippen molar-refractivity contribution in [3.63, 3.8) is 0 Å². The average molecular weight is 887 g/mol. The van der Waals surface area contributed by atoms with E-state index in [1.807, 2.05) is 30.3 Å². The average Bonchev–Trinajstić information content (AvgIpc) is 3.78. The standard InChI is InChI=1S/C52H74N2O10/c1-5-8-9-10-11-12-13-14-15-20-31-60-51(57)54(36-38-23-25-46-47(32-38)62-37-61-46)48-35-44(53-58-4)42-33-39(21-16-18-27-55)41(22-17-19-28-56)49-43-34-40(59-29-6-2)24-26-45(43)64-52(48,50(42)49)63-30-7-3/h6-7,23-26,32-34,39,41,48-50,55-56H,2-3,5,8-22,27-31,35-37H2,1,4H3/t39-,41+,48-,49+,50+,52+/m0/s1. The zero-order chi connectivity index (χ0) is 45.2. The summed E-state index contributed by atoms with van der Waals surface area (Å²) >= 11 is 0. The van der Waals surface area contributed by atoms with Crippen LogP contribution in [0.1, 0.15) is 133 Å². The van der Waals surface area contributed by atoms with Crippen molar-refractivity contribution < 1.29 is 48.3 Å². The first-order valence-electron chi connectivity index (χ1n) is 24.1. The highest BCUT2D eigenvalue weighted by molar-refractivity contribution is 6.03. The molecule has 2 aromatic carbocycles. The summed E-state index contributed by atoms with van der Waals surface area (Å²) in [4.78, 5) is 22.3. The minimum atomic E-state index is -1.42. The van der Waals surface area contributed by atoms with Crippen molar-refractivity contribution in [2.45, 2.75) is 140 Å². The second kappa shape index (κ2) is 25.2. The lowest BCUT2D eigenvalue weighted by molar-refractivity contribution is -0.256. The fourth-order valence-corrected chi connectivity index (χ4v) is 10.4. The molecule has 0 spiro atoms.